The molecular formula is C16H14N2S. The average molecular weight is 266 g/mol. The van der Waals surface area contributed by atoms with E-state index >= 15 is 0 Å². The maximum absolute atomic E-state index is 4.34. The zero-order valence-corrected chi connectivity index (χ0v) is 11.5. The molecule has 19 heavy (non-hydrogen) atoms. The molecule has 0 spiro atoms. The number of benzene rings is 2. The van der Waals surface area contributed by atoms with Gasteiger partial charge in [-0.25, -0.2) is 0 Å². The Labute approximate surface area is 116 Å². The Morgan fingerprint density at radius 2 is 1.53 bits per heavy atom. The van der Waals surface area contributed by atoms with Gasteiger partial charge in [0.25, 0.3) is 0 Å². The smallest absolute Gasteiger partial charge is 0.138 e. The van der Waals surface area contributed by atoms with Crippen molar-refractivity contribution in [2.45, 2.75) is 13.3 Å². The third-order valence-corrected chi connectivity index (χ3v) is 4.08. The minimum absolute atomic E-state index is 0.974. The van der Waals surface area contributed by atoms with E-state index in [9.17, 15) is 0 Å². The summed E-state index contributed by atoms with van der Waals surface area (Å²) in [7, 11) is 0. The molecule has 0 fully saturated rings. The third kappa shape index (κ3) is 2.42. The third-order valence-electron chi connectivity index (χ3n) is 3.07. The van der Waals surface area contributed by atoms with Crippen LogP contribution in [-0.2, 0) is 6.42 Å². The number of nitrogens with zero attached hydrogens (tertiary/aromatic N) is 2. The number of rotatable bonds is 3. The van der Waals surface area contributed by atoms with Crippen LogP contribution >= 0.6 is 11.3 Å². The van der Waals surface area contributed by atoms with Gasteiger partial charge in [0.05, 0.1) is 0 Å². The number of hydrogen-bond donors (Lipinski definition) is 0. The molecule has 0 amide bonds. The molecule has 0 aliphatic carbocycles. The van der Waals surface area contributed by atoms with E-state index in [0.29, 0.717) is 0 Å². The highest BCUT2D eigenvalue weighted by molar-refractivity contribution is 7.17. The summed E-state index contributed by atoms with van der Waals surface area (Å²) in [6.45, 7) is 2.16. The first-order valence-electron chi connectivity index (χ1n) is 6.35. The molecule has 0 aliphatic rings. The highest BCUT2D eigenvalue weighted by atomic mass is 32.1. The molecule has 0 saturated carbocycles. The van der Waals surface area contributed by atoms with Gasteiger partial charge in [0.2, 0.25) is 0 Å². The molecule has 0 atom stereocenters. The molecule has 3 aromatic rings. The second-order valence-corrected chi connectivity index (χ2v) is 5.27. The number of aryl methyl sites for hydroxylation is 1. The van der Waals surface area contributed by atoms with Crippen molar-refractivity contribution in [1.29, 1.82) is 0 Å². The van der Waals surface area contributed by atoms with E-state index in [-0.39, 0.29) is 0 Å². The lowest BCUT2D eigenvalue weighted by Gasteiger charge is -2.02. The number of aromatic nitrogens is 2. The second-order valence-electron chi connectivity index (χ2n) is 4.29. The van der Waals surface area contributed by atoms with Gasteiger partial charge in [-0.2, -0.15) is 0 Å². The van der Waals surface area contributed by atoms with Gasteiger partial charge in [0.15, 0.2) is 0 Å². The molecule has 1 aromatic heterocycles. The summed E-state index contributed by atoms with van der Waals surface area (Å²) in [5, 5.41) is 10.6. The zero-order valence-electron chi connectivity index (χ0n) is 10.7. The monoisotopic (exact) mass is 266 g/mol. The lowest BCUT2D eigenvalue weighted by Crippen LogP contribution is -1.86. The summed E-state index contributed by atoms with van der Waals surface area (Å²) in [4.78, 5) is 0. The zero-order chi connectivity index (χ0) is 13.1. The van der Waals surface area contributed by atoms with Crippen molar-refractivity contribution in [1.82, 2.24) is 10.2 Å². The predicted molar refractivity (Wildman–Crippen MR) is 80.2 cm³/mol. The van der Waals surface area contributed by atoms with Crippen LogP contribution in [-0.4, -0.2) is 10.2 Å². The predicted octanol–water partition coefficient (Wildman–Crippen LogP) is 4.43. The maximum Gasteiger partial charge on any atom is 0.148 e. The molecule has 3 rings (SSSR count). The molecule has 0 aliphatic heterocycles. The fourth-order valence-corrected chi connectivity index (χ4v) is 2.98. The summed E-state index contributed by atoms with van der Waals surface area (Å²) in [6.07, 6.45) is 1.01. The summed E-state index contributed by atoms with van der Waals surface area (Å²) < 4.78 is 0. The van der Waals surface area contributed by atoms with Crippen molar-refractivity contribution in [2.75, 3.05) is 0 Å². The molecule has 0 radical (unpaired) electrons. The van der Waals surface area contributed by atoms with Crippen LogP contribution in [0.15, 0.2) is 54.6 Å². The van der Waals surface area contributed by atoms with Crippen LogP contribution in [0.5, 0.6) is 0 Å². The summed E-state index contributed by atoms with van der Waals surface area (Å²) in [5.74, 6) is 0. The van der Waals surface area contributed by atoms with Gasteiger partial charge in [-0.15, -0.1) is 10.2 Å². The van der Waals surface area contributed by atoms with E-state index in [0.717, 1.165) is 22.0 Å². The van der Waals surface area contributed by atoms with Crippen molar-refractivity contribution in [3.63, 3.8) is 0 Å². The molecule has 2 aromatic carbocycles. The van der Waals surface area contributed by atoms with Crippen LogP contribution in [0.3, 0.4) is 0 Å². The van der Waals surface area contributed by atoms with Crippen molar-refractivity contribution < 1.29 is 0 Å². The topological polar surface area (TPSA) is 25.8 Å². The fourth-order valence-electron chi connectivity index (χ4n) is 2.07. The first-order valence-corrected chi connectivity index (χ1v) is 7.17. The lowest BCUT2D eigenvalue weighted by atomic mass is 10.1. The maximum atomic E-state index is 4.34. The molecular weight excluding hydrogens is 252 g/mol. The SMILES string of the molecule is CCc1ccccc1-c1nnc(-c2ccccc2)s1. The quantitative estimate of drug-likeness (QED) is 0.700. The van der Waals surface area contributed by atoms with Crippen LogP contribution in [0.4, 0.5) is 0 Å². The van der Waals surface area contributed by atoms with E-state index in [1.54, 1.807) is 11.3 Å². The minimum Gasteiger partial charge on any atom is -0.138 e. The van der Waals surface area contributed by atoms with E-state index < -0.39 is 0 Å². The Kier molecular flexibility index (Phi) is 3.38. The molecule has 1 heterocycles. The van der Waals surface area contributed by atoms with Crippen molar-refractivity contribution >= 4 is 11.3 Å². The average Bonchev–Trinajstić information content (AvgIpc) is 2.98. The van der Waals surface area contributed by atoms with E-state index in [2.05, 4.69) is 53.5 Å². The summed E-state index contributed by atoms with van der Waals surface area (Å²) in [6, 6.07) is 18.6. The Hall–Kier alpha value is -2.00. The van der Waals surface area contributed by atoms with E-state index in [1.165, 1.54) is 11.1 Å². The van der Waals surface area contributed by atoms with Crippen LogP contribution < -0.4 is 0 Å². The largest absolute Gasteiger partial charge is 0.148 e. The molecule has 3 heteroatoms. The molecule has 2 nitrogen and oxygen atoms in total. The lowest BCUT2D eigenvalue weighted by molar-refractivity contribution is 1.08. The van der Waals surface area contributed by atoms with Gasteiger partial charge >= 0.3 is 0 Å². The Balaban J connectivity index is 2.02. The molecule has 0 N–H and O–H groups in total. The fraction of sp³-hybridized carbons (Fsp3) is 0.125. The number of hydrogen-bond acceptors (Lipinski definition) is 3. The molecule has 0 unspecified atom stereocenters. The van der Waals surface area contributed by atoms with Gasteiger partial charge < -0.3 is 0 Å². The van der Waals surface area contributed by atoms with Crippen molar-refractivity contribution in [3.05, 3.63) is 60.2 Å². The minimum atomic E-state index is 0.974. The molecule has 0 saturated heterocycles. The Morgan fingerprint density at radius 1 is 0.842 bits per heavy atom. The van der Waals surface area contributed by atoms with Gasteiger partial charge in [-0.3, -0.25) is 0 Å². The van der Waals surface area contributed by atoms with Crippen molar-refractivity contribution in [2.24, 2.45) is 0 Å². The summed E-state index contributed by atoms with van der Waals surface area (Å²) in [5.41, 5.74) is 3.64. The summed E-state index contributed by atoms with van der Waals surface area (Å²) >= 11 is 1.65. The van der Waals surface area contributed by atoms with Gasteiger partial charge in [0, 0.05) is 11.1 Å². The van der Waals surface area contributed by atoms with E-state index in [4.69, 9.17) is 0 Å². The molecule has 94 valence electrons. The first kappa shape index (κ1) is 12.1. The van der Waals surface area contributed by atoms with Crippen LogP contribution in [0.2, 0.25) is 0 Å². The van der Waals surface area contributed by atoms with Crippen LogP contribution in [0, 0.1) is 0 Å². The highest BCUT2D eigenvalue weighted by Gasteiger charge is 2.10. The van der Waals surface area contributed by atoms with E-state index in [1.807, 2.05) is 18.2 Å². The second kappa shape index (κ2) is 5.33. The Morgan fingerprint density at radius 3 is 2.32 bits per heavy atom. The van der Waals surface area contributed by atoms with Crippen LogP contribution in [0.1, 0.15) is 12.5 Å². The Bertz CT molecular complexity index is 674. The molecule has 0 bridgehead atoms. The van der Waals surface area contributed by atoms with Gasteiger partial charge in [0.1, 0.15) is 10.0 Å². The van der Waals surface area contributed by atoms with Crippen LogP contribution in [0.25, 0.3) is 21.1 Å². The standard InChI is InChI=1S/C16H14N2S/c1-2-12-8-6-7-11-14(12)16-18-17-15(19-16)13-9-4-3-5-10-13/h3-11H,2H2,1H3. The normalized spacial score (nSPS) is 10.6. The van der Waals surface area contributed by atoms with Gasteiger partial charge in [-0.1, -0.05) is 72.9 Å². The first-order chi connectivity index (χ1) is 9.38. The highest BCUT2D eigenvalue weighted by Crippen LogP contribution is 2.31. The van der Waals surface area contributed by atoms with Crippen molar-refractivity contribution in [3.8, 4) is 21.1 Å². The van der Waals surface area contributed by atoms with Gasteiger partial charge in [-0.05, 0) is 12.0 Å².